The summed E-state index contributed by atoms with van der Waals surface area (Å²) in [6, 6.07) is 8.45. The molecule has 2 nitrogen and oxygen atoms in total. The Kier molecular flexibility index (Phi) is 5.53. The highest BCUT2D eigenvalue weighted by Crippen LogP contribution is 2.31. The van der Waals surface area contributed by atoms with E-state index in [2.05, 4.69) is 12.1 Å². The van der Waals surface area contributed by atoms with Crippen LogP contribution in [0.4, 0.5) is 0 Å². The minimum Gasteiger partial charge on any atom is -0.491 e. The van der Waals surface area contributed by atoms with Crippen LogP contribution in [0.15, 0.2) is 24.3 Å². The molecule has 0 unspecified atom stereocenters. The van der Waals surface area contributed by atoms with Crippen molar-refractivity contribution >= 4 is 0 Å². The summed E-state index contributed by atoms with van der Waals surface area (Å²) in [5.41, 5.74) is 1.45. The van der Waals surface area contributed by atoms with Crippen molar-refractivity contribution in [2.24, 2.45) is 0 Å². The molecular weight excluding hydrogens is 224 g/mol. The average molecular weight is 248 g/mol. The summed E-state index contributed by atoms with van der Waals surface area (Å²) in [7, 11) is 0. The predicted molar refractivity (Wildman–Crippen MR) is 74.1 cm³/mol. The third kappa shape index (κ3) is 4.02. The van der Waals surface area contributed by atoms with Gasteiger partial charge in [0.1, 0.15) is 12.4 Å². The van der Waals surface area contributed by atoms with Crippen molar-refractivity contribution in [2.75, 3.05) is 13.2 Å². The summed E-state index contributed by atoms with van der Waals surface area (Å²) in [6.07, 6.45) is 9.61. The van der Waals surface area contributed by atoms with E-state index in [1.54, 1.807) is 0 Å². The molecule has 1 fully saturated rings. The van der Waals surface area contributed by atoms with Crippen LogP contribution in [0.1, 0.15) is 56.4 Å². The molecule has 0 aromatic heterocycles. The highest BCUT2D eigenvalue weighted by atomic mass is 16.5. The van der Waals surface area contributed by atoms with Gasteiger partial charge in [-0.15, -0.1) is 0 Å². The van der Waals surface area contributed by atoms with Gasteiger partial charge in [-0.2, -0.15) is 0 Å². The van der Waals surface area contributed by atoms with Crippen LogP contribution in [0, 0.1) is 0 Å². The number of hydrogen-bond acceptors (Lipinski definition) is 2. The Bertz CT molecular complexity index is 323. The largest absolute Gasteiger partial charge is 0.491 e. The van der Waals surface area contributed by atoms with Crippen LogP contribution in [0.2, 0.25) is 0 Å². The fraction of sp³-hybridized carbons (Fsp3) is 0.625. The molecule has 1 aliphatic rings. The molecule has 0 bridgehead atoms. The van der Waals surface area contributed by atoms with Crippen LogP contribution in [-0.2, 0) is 0 Å². The van der Waals surface area contributed by atoms with Gasteiger partial charge >= 0.3 is 0 Å². The molecule has 1 N–H and O–H groups in total. The Morgan fingerprint density at radius 1 is 0.944 bits per heavy atom. The maximum Gasteiger partial charge on any atom is 0.119 e. The highest BCUT2D eigenvalue weighted by Gasteiger charge is 2.13. The SMILES string of the molecule is OCCOc1ccc(C2CCCCCCC2)cc1. The molecule has 1 aliphatic carbocycles. The monoisotopic (exact) mass is 248 g/mol. The second-order valence-electron chi connectivity index (χ2n) is 5.18. The topological polar surface area (TPSA) is 29.5 Å². The molecular formula is C16H24O2. The van der Waals surface area contributed by atoms with E-state index in [1.165, 1.54) is 50.5 Å². The van der Waals surface area contributed by atoms with Gasteiger partial charge in [-0.25, -0.2) is 0 Å². The molecule has 0 saturated heterocycles. The Morgan fingerprint density at radius 2 is 1.56 bits per heavy atom. The first-order valence-electron chi connectivity index (χ1n) is 7.24. The predicted octanol–water partition coefficient (Wildman–Crippen LogP) is 3.89. The summed E-state index contributed by atoms with van der Waals surface area (Å²) in [6.45, 7) is 0.452. The third-order valence-corrected chi connectivity index (χ3v) is 3.82. The van der Waals surface area contributed by atoms with Crippen molar-refractivity contribution in [2.45, 2.75) is 50.9 Å². The summed E-state index contributed by atoms with van der Waals surface area (Å²) in [4.78, 5) is 0. The van der Waals surface area contributed by atoms with E-state index in [9.17, 15) is 0 Å². The van der Waals surface area contributed by atoms with Gasteiger partial charge in [0, 0.05) is 0 Å². The lowest BCUT2D eigenvalue weighted by Crippen LogP contribution is -2.04. The third-order valence-electron chi connectivity index (χ3n) is 3.82. The van der Waals surface area contributed by atoms with Gasteiger partial charge in [0.2, 0.25) is 0 Å². The number of ether oxygens (including phenoxy) is 1. The summed E-state index contributed by atoms with van der Waals surface area (Å²) in [5.74, 6) is 1.59. The van der Waals surface area contributed by atoms with Crippen LogP contribution >= 0.6 is 0 Å². The molecule has 1 aromatic carbocycles. The molecule has 100 valence electrons. The first kappa shape index (κ1) is 13.4. The van der Waals surface area contributed by atoms with Crippen molar-refractivity contribution in [3.05, 3.63) is 29.8 Å². The number of benzene rings is 1. The Labute approximate surface area is 110 Å². The zero-order valence-corrected chi connectivity index (χ0v) is 11.1. The maximum absolute atomic E-state index is 8.72. The van der Waals surface area contributed by atoms with E-state index in [0.717, 1.165) is 11.7 Å². The van der Waals surface area contributed by atoms with Crippen LogP contribution in [-0.4, -0.2) is 18.3 Å². The zero-order chi connectivity index (χ0) is 12.6. The number of hydrogen-bond donors (Lipinski definition) is 1. The van der Waals surface area contributed by atoms with E-state index in [4.69, 9.17) is 9.84 Å². The van der Waals surface area contributed by atoms with Crippen molar-refractivity contribution in [1.82, 2.24) is 0 Å². The van der Waals surface area contributed by atoms with Crippen LogP contribution in [0.3, 0.4) is 0 Å². The molecule has 0 atom stereocenters. The minimum atomic E-state index is 0.0738. The van der Waals surface area contributed by atoms with Crippen LogP contribution < -0.4 is 4.74 Å². The van der Waals surface area contributed by atoms with Crippen molar-refractivity contribution in [3.8, 4) is 5.75 Å². The second kappa shape index (κ2) is 7.42. The van der Waals surface area contributed by atoms with E-state index >= 15 is 0 Å². The van der Waals surface area contributed by atoms with E-state index in [-0.39, 0.29) is 6.61 Å². The van der Waals surface area contributed by atoms with Crippen molar-refractivity contribution in [3.63, 3.8) is 0 Å². The van der Waals surface area contributed by atoms with Crippen molar-refractivity contribution in [1.29, 1.82) is 0 Å². The van der Waals surface area contributed by atoms with Crippen LogP contribution in [0.25, 0.3) is 0 Å². The number of aliphatic hydroxyl groups excluding tert-OH is 1. The molecule has 0 aliphatic heterocycles. The Balaban J connectivity index is 1.94. The van der Waals surface area contributed by atoms with Gasteiger partial charge in [0.05, 0.1) is 6.61 Å². The lowest BCUT2D eigenvalue weighted by Gasteiger charge is -2.20. The maximum atomic E-state index is 8.72. The second-order valence-corrected chi connectivity index (χ2v) is 5.18. The van der Waals surface area contributed by atoms with E-state index < -0.39 is 0 Å². The van der Waals surface area contributed by atoms with Gasteiger partial charge in [-0.1, -0.05) is 44.2 Å². The van der Waals surface area contributed by atoms with E-state index in [0.29, 0.717) is 6.61 Å². The first-order valence-corrected chi connectivity index (χ1v) is 7.24. The zero-order valence-electron chi connectivity index (χ0n) is 11.1. The van der Waals surface area contributed by atoms with Gasteiger partial charge in [-0.05, 0) is 36.5 Å². The first-order chi connectivity index (χ1) is 8.90. The lowest BCUT2D eigenvalue weighted by molar-refractivity contribution is 0.201. The molecule has 0 radical (unpaired) electrons. The molecule has 2 heteroatoms. The normalized spacial score (nSPS) is 18.1. The molecule has 0 spiro atoms. The summed E-state index contributed by atoms with van der Waals surface area (Å²) in [5, 5.41) is 8.72. The fourth-order valence-corrected chi connectivity index (χ4v) is 2.79. The molecule has 1 aromatic rings. The van der Waals surface area contributed by atoms with Gasteiger partial charge in [0.25, 0.3) is 0 Å². The molecule has 0 amide bonds. The number of rotatable bonds is 4. The van der Waals surface area contributed by atoms with Crippen LogP contribution in [0.5, 0.6) is 5.75 Å². The van der Waals surface area contributed by atoms with E-state index in [1.807, 2.05) is 12.1 Å². The highest BCUT2D eigenvalue weighted by molar-refractivity contribution is 5.29. The fourth-order valence-electron chi connectivity index (χ4n) is 2.79. The molecule has 0 heterocycles. The lowest BCUT2D eigenvalue weighted by atomic mass is 9.86. The molecule has 2 rings (SSSR count). The van der Waals surface area contributed by atoms with Gasteiger partial charge in [-0.3, -0.25) is 0 Å². The van der Waals surface area contributed by atoms with Crippen molar-refractivity contribution < 1.29 is 9.84 Å². The smallest absolute Gasteiger partial charge is 0.119 e. The average Bonchev–Trinajstić information content (AvgIpc) is 2.37. The Morgan fingerprint density at radius 3 is 2.17 bits per heavy atom. The summed E-state index contributed by atoms with van der Waals surface area (Å²) >= 11 is 0. The van der Waals surface area contributed by atoms with Gasteiger partial charge < -0.3 is 9.84 Å². The quantitative estimate of drug-likeness (QED) is 0.876. The van der Waals surface area contributed by atoms with Gasteiger partial charge in [0.15, 0.2) is 0 Å². The molecule has 18 heavy (non-hydrogen) atoms. The molecule has 1 saturated carbocycles. The standard InChI is InChI=1S/C16H24O2/c17-12-13-18-16-10-8-15(9-11-16)14-6-4-2-1-3-5-7-14/h8-11,14,17H,1-7,12-13H2. The minimum absolute atomic E-state index is 0.0738. The Hall–Kier alpha value is -1.02. The summed E-state index contributed by atoms with van der Waals surface area (Å²) < 4.78 is 5.39. The number of aliphatic hydroxyl groups is 1.